The summed E-state index contributed by atoms with van der Waals surface area (Å²) in [5, 5.41) is 16.5. The molecule has 0 saturated heterocycles. The molecule has 7 nitrogen and oxygen atoms in total. The van der Waals surface area contributed by atoms with Gasteiger partial charge in [-0.2, -0.15) is 0 Å². The molecular formula is C10H16N4O3. The van der Waals surface area contributed by atoms with E-state index < -0.39 is 4.92 Å². The summed E-state index contributed by atoms with van der Waals surface area (Å²) in [5.41, 5.74) is -0.00327. The Hall–Kier alpha value is -1.89. The Morgan fingerprint density at radius 3 is 2.71 bits per heavy atom. The maximum atomic E-state index is 10.7. The fourth-order valence-electron chi connectivity index (χ4n) is 1.37. The van der Waals surface area contributed by atoms with Crippen LogP contribution in [0, 0.1) is 10.1 Å². The summed E-state index contributed by atoms with van der Waals surface area (Å²) in [6, 6.07) is 2.80. The zero-order valence-electron chi connectivity index (χ0n) is 10.1. The fourth-order valence-corrected chi connectivity index (χ4v) is 1.37. The van der Waals surface area contributed by atoms with Gasteiger partial charge >= 0.3 is 0 Å². The van der Waals surface area contributed by atoms with E-state index in [1.54, 1.807) is 14.2 Å². The first-order valence-corrected chi connectivity index (χ1v) is 5.16. The zero-order valence-corrected chi connectivity index (χ0v) is 10.1. The molecule has 17 heavy (non-hydrogen) atoms. The quantitative estimate of drug-likeness (QED) is 0.578. The third kappa shape index (κ3) is 3.87. The molecular weight excluding hydrogens is 224 g/mol. The zero-order chi connectivity index (χ0) is 12.8. The average molecular weight is 240 g/mol. The van der Waals surface area contributed by atoms with E-state index in [9.17, 15) is 10.1 Å². The van der Waals surface area contributed by atoms with Gasteiger partial charge in [0.25, 0.3) is 5.69 Å². The smallest absolute Gasteiger partial charge is 0.276 e. The third-order valence-electron chi connectivity index (χ3n) is 2.09. The van der Waals surface area contributed by atoms with E-state index in [4.69, 9.17) is 4.74 Å². The molecule has 0 bridgehead atoms. The fraction of sp³-hybridized carbons (Fsp3) is 0.500. The Morgan fingerprint density at radius 1 is 1.53 bits per heavy atom. The number of nitro groups is 1. The highest BCUT2D eigenvalue weighted by Gasteiger charge is 2.12. The predicted molar refractivity (Wildman–Crippen MR) is 65.4 cm³/mol. The van der Waals surface area contributed by atoms with Crippen molar-refractivity contribution in [2.75, 3.05) is 31.4 Å². The van der Waals surface area contributed by atoms with Gasteiger partial charge in [-0.05, 0) is 6.92 Å². The van der Waals surface area contributed by atoms with Gasteiger partial charge in [0.2, 0.25) is 0 Å². The lowest BCUT2D eigenvalue weighted by Gasteiger charge is -2.13. The number of aromatic nitrogens is 1. The van der Waals surface area contributed by atoms with Crippen LogP contribution in [0.25, 0.3) is 0 Å². The minimum atomic E-state index is -0.450. The molecule has 2 N–H and O–H groups in total. The maximum absolute atomic E-state index is 10.7. The van der Waals surface area contributed by atoms with E-state index in [0.717, 1.165) is 0 Å². The first kappa shape index (κ1) is 13.2. The Balaban J connectivity index is 2.90. The molecule has 0 amide bonds. The van der Waals surface area contributed by atoms with Gasteiger partial charge in [-0.15, -0.1) is 0 Å². The standard InChI is InChI=1S/C10H16N4O3/c1-7(6-17-3)12-10-5-8(14(15)16)4-9(11-2)13-10/h4-5,7H,6H2,1-3H3,(H2,11,12,13). The normalized spacial score (nSPS) is 11.9. The van der Waals surface area contributed by atoms with E-state index in [1.165, 1.54) is 12.1 Å². The van der Waals surface area contributed by atoms with E-state index in [2.05, 4.69) is 15.6 Å². The molecule has 0 fully saturated rings. The second-order valence-electron chi connectivity index (χ2n) is 3.60. The molecule has 1 atom stereocenters. The summed E-state index contributed by atoms with van der Waals surface area (Å²) in [5.74, 6) is 0.902. The second kappa shape index (κ2) is 6.00. The first-order valence-electron chi connectivity index (χ1n) is 5.16. The molecule has 0 aromatic carbocycles. The van der Waals surface area contributed by atoms with E-state index in [0.29, 0.717) is 18.2 Å². The van der Waals surface area contributed by atoms with Gasteiger partial charge in [-0.1, -0.05) is 0 Å². The Morgan fingerprint density at radius 2 is 2.18 bits per heavy atom. The van der Waals surface area contributed by atoms with Crippen molar-refractivity contribution in [3.8, 4) is 0 Å². The molecule has 0 aliphatic heterocycles. The van der Waals surface area contributed by atoms with Crippen LogP contribution in [0.5, 0.6) is 0 Å². The van der Waals surface area contributed by atoms with E-state index in [-0.39, 0.29) is 11.7 Å². The van der Waals surface area contributed by atoms with E-state index >= 15 is 0 Å². The average Bonchev–Trinajstić information content (AvgIpc) is 2.28. The van der Waals surface area contributed by atoms with Crippen LogP contribution in [0.2, 0.25) is 0 Å². The number of ether oxygens (including phenoxy) is 1. The lowest BCUT2D eigenvalue weighted by atomic mass is 10.3. The number of nitrogens with zero attached hydrogens (tertiary/aromatic N) is 2. The minimum absolute atomic E-state index is 0.00327. The number of methoxy groups -OCH3 is 1. The molecule has 1 unspecified atom stereocenters. The minimum Gasteiger partial charge on any atom is -0.383 e. The number of anilines is 2. The molecule has 0 spiro atoms. The van der Waals surface area contributed by atoms with Crippen LogP contribution in [0.4, 0.5) is 17.3 Å². The number of rotatable bonds is 6. The van der Waals surface area contributed by atoms with Gasteiger partial charge < -0.3 is 15.4 Å². The first-order chi connectivity index (χ1) is 8.06. The largest absolute Gasteiger partial charge is 0.383 e. The molecule has 0 radical (unpaired) electrons. The van der Waals surface area contributed by atoms with Crippen LogP contribution in [0.3, 0.4) is 0 Å². The maximum Gasteiger partial charge on any atom is 0.276 e. The van der Waals surface area contributed by atoms with Crippen LogP contribution in [-0.2, 0) is 4.74 Å². The molecule has 0 aliphatic rings. The highest BCUT2D eigenvalue weighted by atomic mass is 16.6. The third-order valence-corrected chi connectivity index (χ3v) is 2.09. The molecule has 1 aromatic heterocycles. The predicted octanol–water partition coefficient (Wildman–Crippen LogP) is 1.48. The Kier molecular flexibility index (Phi) is 4.65. The lowest BCUT2D eigenvalue weighted by molar-refractivity contribution is -0.384. The van der Waals surface area contributed by atoms with Crippen LogP contribution < -0.4 is 10.6 Å². The van der Waals surface area contributed by atoms with Crippen molar-refractivity contribution in [3.63, 3.8) is 0 Å². The van der Waals surface area contributed by atoms with Gasteiger partial charge in [0, 0.05) is 20.2 Å². The number of nitrogens with one attached hydrogen (secondary N) is 2. The molecule has 0 saturated carbocycles. The monoisotopic (exact) mass is 240 g/mol. The van der Waals surface area contributed by atoms with Gasteiger partial charge in [-0.3, -0.25) is 10.1 Å². The van der Waals surface area contributed by atoms with Crippen molar-refractivity contribution in [3.05, 3.63) is 22.2 Å². The summed E-state index contributed by atoms with van der Waals surface area (Å²) in [6.45, 7) is 2.41. The molecule has 7 heteroatoms. The SMILES string of the molecule is CNc1cc([N+](=O)[O-])cc(NC(C)COC)n1. The summed E-state index contributed by atoms with van der Waals surface area (Å²) in [7, 11) is 3.26. The summed E-state index contributed by atoms with van der Waals surface area (Å²) in [4.78, 5) is 14.5. The van der Waals surface area contributed by atoms with Crippen molar-refractivity contribution in [2.45, 2.75) is 13.0 Å². The van der Waals surface area contributed by atoms with Crippen LogP contribution in [0.15, 0.2) is 12.1 Å². The van der Waals surface area contributed by atoms with Crippen molar-refractivity contribution in [1.29, 1.82) is 0 Å². The van der Waals surface area contributed by atoms with Crippen LogP contribution >= 0.6 is 0 Å². The Bertz CT molecular complexity index is 397. The highest BCUT2D eigenvalue weighted by Crippen LogP contribution is 2.20. The van der Waals surface area contributed by atoms with E-state index in [1.807, 2.05) is 6.92 Å². The second-order valence-corrected chi connectivity index (χ2v) is 3.60. The number of hydrogen-bond donors (Lipinski definition) is 2. The van der Waals surface area contributed by atoms with Gasteiger partial charge in [-0.25, -0.2) is 4.98 Å². The highest BCUT2D eigenvalue weighted by molar-refractivity contribution is 5.54. The number of pyridine rings is 1. The molecule has 1 heterocycles. The lowest BCUT2D eigenvalue weighted by Crippen LogP contribution is -2.21. The summed E-state index contributed by atoms with van der Waals surface area (Å²) >= 11 is 0. The van der Waals surface area contributed by atoms with Gasteiger partial charge in [0.15, 0.2) is 0 Å². The van der Waals surface area contributed by atoms with Crippen molar-refractivity contribution in [1.82, 2.24) is 4.98 Å². The summed E-state index contributed by atoms with van der Waals surface area (Å²) in [6.07, 6.45) is 0. The molecule has 94 valence electrons. The number of hydrogen-bond acceptors (Lipinski definition) is 6. The van der Waals surface area contributed by atoms with Gasteiger partial charge in [0.05, 0.1) is 23.7 Å². The molecule has 1 aromatic rings. The van der Waals surface area contributed by atoms with Crippen LogP contribution in [0.1, 0.15) is 6.92 Å². The van der Waals surface area contributed by atoms with Crippen molar-refractivity contribution < 1.29 is 9.66 Å². The van der Waals surface area contributed by atoms with Gasteiger partial charge in [0.1, 0.15) is 11.6 Å². The topological polar surface area (TPSA) is 89.3 Å². The molecule has 0 aliphatic carbocycles. The van der Waals surface area contributed by atoms with Crippen molar-refractivity contribution in [2.24, 2.45) is 0 Å². The summed E-state index contributed by atoms with van der Waals surface area (Å²) < 4.78 is 4.97. The molecule has 1 rings (SSSR count). The van der Waals surface area contributed by atoms with Crippen LogP contribution in [-0.4, -0.2) is 36.7 Å². The van der Waals surface area contributed by atoms with Crippen molar-refractivity contribution >= 4 is 17.3 Å². The Labute approximate surface area is 99.3 Å².